The molecule has 2 aromatic heterocycles. The van der Waals surface area contributed by atoms with Gasteiger partial charge in [0.25, 0.3) is 0 Å². The number of aromatic hydroxyl groups is 1. The summed E-state index contributed by atoms with van der Waals surface area (Å²) in [5.74, 6) is -0.838. The number of aromatic nitrogens is 4. The van der Waals surface area contributed by atoms with Crippen LogP contribution in [0.3, 0.4) is 0 Å². The van der Waals surface area contributed by atoms with E-state index in [1.807, 2.05) is 0 Å². The van der Waals surface area contributed by atoms with Crippen molar-refractivity contribution >= 4 is 21.3 Å². The average molecular weight is 370 g/mol. The monoisotopic (exact) mass is 370 g/mol. The van der Waals surface area contributed by atoms with Crippen LogP contribution in [0.1, 0.15) is 6.23 Å². The van der Waals surface area contributed by atoms with E-state index in [2.05, 4.69) is 15.0 Å². The summed E-state index contributed by atoms with van der Waals surface area (Å²) in [4.78, 5) is 10.4. The Labute approximate surface area is 156 Å². The molecule has 0 bridgehead atoms. The standard InChI is InChI=1S/C10H12N4O8S.Na/c15-1-3-5(16)6(17)9(22-3)14-2-11-4-7(14)12-10(13-8(4)18)23(19,20)21;/h2-3,5-6,9,15-17H,1H2,(H,12,13,18)(H,19,20,21);/q;+1/p-1/t3-,5-,6-,9-;/m1./s1. The van der Waals surface area contributed by atoms with E-state index in [9.17, 15) is 28.3 Å². The van der Waals surface area contributed by atoms with E-state index in [-0.39, 0.29) is 40.7 Å². The van der Waals surface area contributed by atoms with Crippen LogP contribution in [0.25, 0.3) is 11.2 Å². The smallest absolute Gasteiger partial charge is 0.742 e. The van der Waals surface area contributed by atoms with E-state index in [1.54, 1.807) is 0 Å². The van der Waals surface area contributed by atoms with Gasteiger partial charge in [-0.3, -0.25) is 4.57 Å². The minimum atomic E-state index is -5.04. The van der Waals surface area contributed by atoms with Crippen LogP contribution in [0.5, 0.6) is 5.88 Å². The van der Waals surface area contributed by atoms with Gasteiger partial charge in [0.2, 0.25) is 11.0 Å². The van der Waals surface area contributed by atoms with Gasteiger partial charge in [0, 0.05) is 0 Å². The summed E-state index contributed by atoms with van der Waals surface area (Å²) in [6.07, 6.45) is -4.16. The van der Waals surface area contributed by atoms with Crippen LogP contribution in [-0.2, 0) is 14.9 Å². The van der Waals surface area contributed by atoms with Gasteiger partial charge < -0.3 is 29.7 Å². The van der Waals surface area contributed by atoms with Crippen LogP contribution >= 0.6 is 0 Å². The molecule has 14 heteroatoms. The average Bonchev–Trinajstić information content (AvgIpc) is 3.01. The molecule has 4 N–H and O–H groups in total. The Morgan fingerprint density at radius 1 is 1.29 bits per heavy atom. The zero-order chi connectivity index (χ0) is 16.9. The number of aliphatic hydroxyl groups is 3. The Kier molecular flexibility index (Phi) is 5.49. The molecule has 2 aromatic rings. The van der Waals surface area contributed by atoms with Gasteiger partial charge in [0.1, 0.15) is 18.3 Å². The van der Waals surface area contributed by atoms with E-state index in [0.29, 0.717) is 0 Å². The van der Waals surface area contributed by atoms with Gasteiger partial charge in [-0.1, -0.05) is 0 Å². The van der Waals surface area contributed by atoms with Crippen molar-refractivity contribution in [2.45, 2.75) is 29.7 Å². The zero-order valence-electron chi connectivity index (χ0n) is 12.2. The topological polar surface area (TPSA) is 191 Å². The molecule has 0 aromatic carbocycles. The molecule has 24 heavy (non-hydrogen) atoms. The fourth-order valence-electron chi connectivity index (χ4n) is 2.29. The van der Waals surface area contributed by atoms with Crippen molar-refractivity contribution in [2.75, 3.05) is 6.61 Å². The summed E-state index contributed by atoms with van der Waals surface area (Å²) in [5.41, 5.74) is -0.517. The largest absolute Gasteiger partial charge is 1.00 e. The Morgan fingerprint density at radius 2 is 1.96 bits per heavy atom. The predicted octanol–water partition coefficient (Wildman–Crippen LogP) is -5.95. The van der Waals surface area contributed by atoms with Crippen molar-refractivity contribution in [1.29, 1.82) is 0 Å². The van der Waals surface area contributed by atoms with Gasteiger partial charge in [0.05, 0.1) is 12.9 Å². The number of aliphatic hydroxyl groups excluding tert-OH is 3. The van der Waals surface area contributed by atoms with Crippen molar-refractivity contribution < 1.29 is 67.7 Å². The fraction of sp³-hybridized carbons (Fsp3) is 0.500. The normalized spacial score (nSPS) is 27.3. The molecule has 1 aliphatic heterocycles. The number of fused-ring (bicyclic) bond motifs is 1. The number of nitrogens with zero attached hydrogens (tertiary/aromatic N) is 4. The molecule has 126 valence electrons. The molecule has 0 unspecified atom stereocenters. The summed E-state index contributed by atoms with van der Waals surface area (Å²) < 4.78 is 39.3. The minimum absolute atomic E-state index is 0. The molecule has 1 fully saturated rings. The number of hydrogen-bond acceptors (Lipinski definition) is 11. The molecule has 0 radical (unpaired) electrons. The molecule has 0 saturated carbocycles. The second-order valence-corrected chi connectivity index (χ2v) is 6.11. The molecule has 1 aliphatic rings. The van der Waals surface area contributed by atoms with Crippen molar-refractivity contribution in [1.82, 2.24) is 19.5 Å². The van der Waals surface area contributed by atoms with Crippen LogP contribution in [0.4, 0.5) is 0 Å². The predicted molar refractivity (Wildman–Crippen MR) is 68.0 cm³/mol. The SMILES string of the molecule is O=S(=O)([O-])c1nc(O)c2ncn([C@@H]3O[C@H](CO)[C@@H](O)[C@H]3O)c2n1.[Na+]. The van der Waals surface area contributed by atoms with E-state index >= 15 is 0 Å². The molecule has 3 heterocycles. The number of imidazole rings is 1. The molecule has 0 spiro atoms. The first-order valence-electron chi connectivity index (χ1n) is 6.26. The quantitative estimate of drug-likeness (QED) is 0.228. The van der Waals surface area contributed by atoms with Gasteiger partial charge in [0.15, 0.2) is 27.5 Å². The Balaban J connectivity index is 0.00000208. The Morgan fingerprint density at radius 3 is 2.50 bits per heavy atom. The zero-order valence-corrected chi connectivity index (χ0v) is 15.0. The van der Waals surface area contributed by atoms with Gasteiger partial charge in [-0.2, -0.15) is 9.97 Å². The number of hydrogen-bond donors (Lipinski definition) is 4. The van der Waals surface area contributed by atoms with Crippen LogP contribution in [0.2, 0.25) is 0 Å². The second-order valence-electron chi connectivity index (χ2n) is 4.84. The molecule has 12 nitrogen and oxygen atoms in total. The Hall–Kier alpha value is -0.900. The maximum atomic E-state index is 11.0. The third-order valence-corrected chi connectivity index (χ3v) is 4.03. The molecule has 4 atom stereocenters. The van der Waals surface area contributed by atoms with Gasteiger partial charge in [-0.25, -0.2) is 13.4 Å². The fourth-order valence-corrected chi connectivity index (χ4v) is 2.69. The molecular formula is C10H11N4NaO8S. The third kappa shape index (κ3) is 3.14. The summed E-state index contributed by atoms with van der Waals surface area (Å²) in [7, 11) is -5.04. The molecular weight excluding hydrogens is 359 g/mol. The van der Waals surface area contributed by atoms with Crippen molar-refractivity contribution in [3.8, 4) is 5.88 Å². The van der Waals surface area contributed by atoms with Crippen molar-refractivity contribution in [3.63, 3.8) is 0 Å². The summed E-state index contributed by atoms with van der Waals surface area (Å²) in [5, 5.41) is 37.3. The molecule has 0 amide bonds. The van der Waals surface area contributed by atoms with Gasteiger partial charge in [-0.05, 0) is 0 Å². The third-order valence-electron chi connectivity index (χ3n) is 3.40. The summed E-state index contributed by atoms with van der Waals surface area (Å²) in [6.45, 7) is -0.568. The van der Waals surface area contributed by atoms with Crippen LogP contribution in [0, 0.1) is 0 Å². The molecule has 0 aliphatic carbocycles. The van der Waals surface area contributed by atoms with E-state index in [4.69, 9.17) is 9.84 Å². The molecule has 1 saturated heterocycles. The van der Waals surface area contributed by atoms with Gasteiger partial charge >= 0.3 is 29.6 Å². The number of ether oxygens (including phenoxy) is 1. The summed E-state index contributed by atoms with van der Waals surface area (Å²) >= 11 is 0. The van der Waals surface area contributed by atoms with Crippen molar-refractivity contribution in [3.05, 3.63) is 6.33 Å². The van der Waals surface area contributed by atoms with E-state index in [0.717, 1.165) is 10.9 Å². The maximum Gasteiger partial charge on any atom is 1.00 e. The van der Waals surface area contributed by atoms with Crippen molar-refractivity contribution in [2.24, 2.45) is 0 Å². The van der Waals surface area contributed by atoms with Crippen LogP contribution < -0.4 is 29.6 Å². The second kappa shape index (κ2) is 6.78. The molecule has 3 rings (SSSR count). The van der Waals surface area contributed by atoms with E-state index < -0.39 is 52.3 Å². The van der Waals surface area contributed by atoms with E-state index in [1.165, 1.54) is 0 Å². The Bertz CT molecular complexity index is 858. The first kappa shape index (κ1) is 19.4. The first-order valence-corrected chi connectivity index (χ1v) is 7.66. The van der Waals surface area contributed by atoms with Crippen LogP contribution in [-0.4, -0.2) is 77.8 Å². The van der Waals surface area contributed by atoms with Gasteiger partial charge in [-0.15, -0.1) is 0 Å². The van der Waals surface area contributed by atoms with Crippen LogP contribution in [0.15, 0.2) is 11.5 Å². The minimum Gasteiger partial charge on any atom is -0.742 e. The number of rotatable bonds is 3. The first-order chi connectivity index (χ1) is 10.7. The summed E-state index contributed by atoms with van der Waals surface area (Å²) in [6, 6.07) is 0. The maximum absolute atomic E-state index is 11.0.